The number of halogens is 1. The largest absolute Gasteiger partial charge is 0.307 e. The third-order valence-corrected chi connectivity index (χ3v) is 4.92. The second kappa shape index (κ2) is 6.12. The molecule has 0 spiro atoms. The Morgan fingerprint density at radius 2 is 2.00 bits per heavy atom. The lowest BCUT2D eigenvalue weighted by Crippen LogP contribution is -2.29. The van der Waals surface area contributed by atoms with E-state index < -0.39 is 0 Å². The van der Waals surface area contributed by atoms with Gasteiger partial charge in [0.1, 0.15) is 0 Å². The molecule has 0 amide bonds. The van der Waals surface area contributed by atoms with Gasteiger partial charge in [0, 0.05) is 22.4 Å². The van der Waals surface area contributed by atoms with Gasteiger partial charge in [-0.25, -0.2) is 0 Å². The van der Waals surface area contributed by atoms with Gasteiger partial charge in [0.05, 0.1) is 0 Å². The molecular weight excluding hydrogens is 250 g/mol. The van der Waals surface area contributed by atoms with Crippen molar-refractivity contribution in [3.05, 3.63) is 34.9 Å². The smallest absolute Gasteiger partial charge is 0.0406 e. The van der Waals surface area contributed by atoms with Crippen molar-refractivity contribution in [2.45, 2.75) is 43.5 Å². The number of hydrogen-bond donors (Lipinski definition) is 1. The minimum absolute atomic E-state index is 0.415. The molecule has 3 unspecified atom stereocenters. The van der Waals surface area contributed by atoms with Crippen LogP contribution in [-0.4, -0.2) is 17.5 Å². The van der Waals surface area contributed by atoms with Gasteiger partial charge in [-0.15, -0.1) is 0 Å². The van der Waals surface area contributed by atoms with E-state index in [-0.39, 0.29) is 0 Å². The van der Waals surface area contributed by atoms with E-state index in [0.29, 0.717) is 12.1 Å². The highest BCUT2D eigenvalue weighted by Gasteiger charge is 2.24. The van der Waals surface area contributed by atoms with Crippen molar-refractivity contribution >= 4 is 23.4 Å². The molecule has 1 aromatic carbocycles. The van der Waals surface area contributed by atoms with Gasteiger partial charge in [0.25, 0.3) is 0 Å². The van der Waals surface area contributed by atoms with Crippen LogP contribution in [0.3, 0.4) is 0 Å². The maximum atomic E-state index is 5.90. The van der Waals surface area contributed by atoms with Crippen LogP contribution in [0.5, 0.6) is 0 Å². The molecule has 0 bridgehead atoms. The highest BCUT2D eigenvalue weighted by molar-refractivity contribution is 7.99. The summed E-state index contributed by atoms with van der Waals surface area (Å²) in [5.41, 5.74) is 1.32. The zero-order valence-electron chi connectivity index (χ0n) is 10.4. The van der Waals surface area contributed by atoms with Crippen LogP contribution in [0.4, 0.5) is 0 Å². The van der Waals surface area contributed by atoms with E-state index in [1.165, 1.54) is 24.8 Å². The van der Waals surface area contributed by atoms with Gasteiger partial charge in [-0.2, -0.15) is 11.8 Å². The Balaban J connectivity index is 1.89. The fourth-order valence-corrected chi connectivity index (χ4v) is 3.43. The first-order chi connectivity index (χ1) is 8.19. The summed E-state index contributed by atoms with van der Waals surface area (Å²) < 4.78 is 0. The van der Waals surface area contributed by atoms with Crippen LogP contribution in [-0.2, 0) is 0 Å². The molecule has 3 atom stereocenters. The summed E-state index contributed by atoms with van der Waals surface area (Å²) >= 11 is 7.90. The maximum absolute atomic E-state index is 5.90. The minimum Gasteiger partial charge on any atom is -0.307 e. The number of hydrogen-bond acceptors (Lipinski definition) is 2. The first-order valence-corrected chi connectivity index (χ1v) is 7.90. The summed E-state index contributed by atoms with van der Waals surface area (Å²) in [6, 6.07) is 9.25. The third-order valence-electron chi connectivity index (χ3n) is 3.57. The van der Waals surface area contributed by atoms with Crippen molar-refractivity contribution in [1.29, 1.82) is 0 Å². The number of rotatable bonds is 4. The van der Waals surface area contributed by atoms with Crippen molar-refractivity contribution < 1.29 is 0 Å². The normalized spacial score (nSPS) is 26.1. The molecular formula is C14H20ClNS. The summed E-state index contributed by atoms with van der Waals surface area (Å²) in [6.07, 6.45) is 6.18. The first kappa shape index (κ1) is 13.3. The predicted octanol–water partition coefficient (Wildman–Crippen LogP) is 4.27. The van der Waals surface area contributed by atoms with Crippen molar-refractivity contribution in [1.82, 2.24) is 5.32 Å². The van der Waals surface area contributed by atoms with Gasteiger partial charge in [0.2, 0.25) is 0 Å². The Kier molecular flexibility index (Phi) is 4.78. The molecule has 0 aliphatic heterocycles. The Hall–Kier alpha value is -0.180. The summed E-state index contributed by atoms with van der Waals surface area (Å²) in [7, 11) is 0. The molecule has 1 saturated carbocycles. The van der Waals surface area contributed by atoms with Crippen LogP contribution in [0, 0.1) is 0 Å². The van der Waals surface area contributed by atoms with E-state index in [9.17, 15) is 0 Å². The molecule has 1 fully saturated rings. The van der Waals surface area contributed by atoms with Gasteiger partial charge >= 0.3 is 0 Å². The van der Waals surface area contributed by atoms with Crippen LogP contribution in [0.25, 0.3) is 0 Å². The van der Waals surface area contributed by atoms with Gasteiger partial charge in [-0.1, -0.05) is 23.7 Å². The first-order valence-electron chi connectivity index (χ1n) is 6.23. The lowest BCUT2D eigenvalue weighted by molar-refractivity contribution is 0.462. The summed E-state index contributed by atoms with van der Waals surface area (Å²) in [6.45, 7) is 2.23. The Morgan fingerprint density at radius 3 is 2.59 bits per heavy atom. The monoisotopic (exact) mass is 269 g/mol. The van der Waals surface area contributed by atoms with E-state index in [1.807, 2.05) is 23.9 Å². The van der Waals surface area contributed by atoms with Gasteiger partial charge in [-0.3, -0.25) is 0 Å². The molecule has 94 valence electrons. The van der Waals surface area contributed by atoms with Crippen LogP contribution in [0.1, 0.15) is 37.8 Å². The second-order valence-electron chi connectivity index (χ2n) is 4.81. The molecule has 0 radical (unpaired) electrons. The fraction of sp³-hybridized carbons (Fsp3) is 0.571. The lowest BCUT2D eigenvalue weighted by Gasteiger charge is -2.20. The zero-order chi connectivity index (χ0) is 12.3. The predicted molar refractivity (Wildman–Crippen MR) is 77.9 cm³/mol. The van der Waals surface area contributed by atoms with Gasteiger partial charge in [-0.05, 0) is 50.1 Å². The number of benzene rings is 1. The van der Waals surface area contributed by atoms with Crippen LogP contribution >= 0.6 is 23.4 Å². The summed E-state index contributed by atoms with van der Waals surface area (Å²) in [4.78, 5) is 0. The molecule has 1 aliphatic carbocycles. The van der Waals surface area contributed by atoms with Crippen molar-refractivity contribution in [3.8, 4) is 0 Å². The Labute approximate surface area is 113 Å². The van der Waals surface area contributed by atoms with Gasteiger partial charge < -0.3 is 5.32 Å². The van der Waals surface area contributed by atoms with Crippen LogP contribution < -0.4 is 5.32 Å². The van der Waals surface area contributed by atoms with E-state index in [2.05, 4.69) is 30.6 Å². The van der Waals surface area contributed by atoms with Crippen molar-refractivity contribution in [3.63, 3.8) is 0 Å². The average Bonchev–Trinajstić information content (AvgIpc) is 2.77. The zero-order valence-corrected chi connectivity index (χ0v) is 12.0. The fourth-order valence-electron chi connectivity index (χ4n) is 2.51. The molecule has 1 nitrogen and oxygen atoms in total. The van der Waals surface area contributed by atoms with Gasteiger partial charge in [0.15, 0.2) is 0 Å². The standard InChI is InChI=1S/C14H20ClNS/c1-10(11-3-5-12(15)6-4-11)16-13-7-8-14(9-13)17-2/h3-6,10,13-14,16H,7-9H2,1-2H3. The maximum Gasteiger partial charge on any atom is 0.0406 e. The van der Waals surface area contributed by atoms with E-state index in [4.69, 9.17) is 11.6 Å². The second-order valence-corrected chi connectivity index (χ2v) is 6.38. The highest BCUT2D eigenvalue weighted by atomic mass is 35.5. The summed E-state index contributed by atoms with van der Waals surface area (Å²) in [5.74, 6) is 0. The number of thioether (sulfide) groups is 1. The molecule has 1 N–H and O–H groups in total. The molecule has 1 aliphatic rings. The molecule has 1 aromatic rings. The quantitative estimate of drug-likeness (QED) is 0.876. The number of nitrogens with one attached hydrogen (secondary N) is 1. The van der Waals surface area contributed by atoms with E-state index in [1.54, 1.807) is 0 Å². The van der Waals surface area contributed by atoms with E-state index >= 15 is 0 Å². The lowest BCUT2D eigenvalue weighted by atomic mass is 10.1. The Morgan fingerprint density at radius 1 is 1.29 bits per heavy atom. The third kappa shape index (κ3) is 3.64. The van der Waals surface area contributed by atoms with Crippen LogP contribution in [0.2, 0.25) is 5.02 Å². The molecule has 17 heavy (non-hydrogen) atoms. The van der Waals surface area contributed by atoms with Crippen molar-refractivity contribution in [2.24, 2.45) is 0 Å². The Bertz CT molecular complexity index is 352. The average molecular weight is 270 g/mol. The molecule has 2 rings (SSSR count). The topological polar surface area (TPSA) is 12.0 Å². The minimum atomic E-state index is 0.415. The molecule has 0 aromatic heterocycles. The summed E-state index contributed by atoms with van der Waals surface area (Å²) in [5, 5.41) is 5.38. The SMILES string of the molecule is CSC1CCC(NC(C)c2ccc(Cl)cc2)C1. The van der Waals surface area contributed by atoms with Crippen molar-refractivity contribution in [2.75, 3.05) is 6.26 Å². The highest BCUT2D eigenvalue weighted by Crippen LogP contribution is 2.29. The molecule has 0 saturated heterocycles. The van der Waals surface area contributed by atoms with E-state index in [0.717, 1.165) is 10.3 Å². The van der Waals surface area contributed by atoms with Crippen LogP contribution in [0.15, 0.2) is 24.3 Å². The molecule has 0 heterocycles. The molecule has 3 heteroatoms.